The van der Waals surface area contributed by atoms with E-state index in [9.17, 15) is 9.59 Å². The smallest absolute Gasteiger partial charge is 0.407 e. The quantitative estimate of drug-likeness (QED) is 0.854. The van der Waals surface area contributed by atoms with Crippen LogP contribution in [0.3, 0.4) is 0 Å². The maximum absolute atomic E-state index is 12.0. The Morgan fingerprint density at radius 2 is 2.12 bits per heavy atom. The first-order valence-corrected chi connectivity index (χ1v) is 8.23. The third-order valence-corrected chi connectivity index (χ3v) is 4.27. The maximum Gasteiger partial charge on any atom is 0.407 e. The zero-order valence-electron chi connectivity index (χ0n) is 12.7. The molecule has 0 aliphatic carbocycles. The summed E-state index contributed by atoms with van der Waals surface area (Å²) in [4.78, 5) is 24.1. The third-order valence-electron chi connectivity index (χ3n) is 3.54. The largest absolute Gasteiger partial charge is 0.465 e. The summed E-state index contributed by atoms with van der Waals surface area (Å²) < 4.78 is 5.62. The number of carbonyl (C=O) groups excluding carboxylic acids is 1. The maximum atomic E-state index is 12.0. The van der Waals surface area contributed by atoms with E-state index >= 15 is 0 Å². The first-order valence-electron chi connectivity index (χ1n) is 7.42. The van der Waals surface area contributed by atoms with Gasteiger partial charge in [-0.3, -0.25) is 4.79 Å². The Kier molecular flexibility index (Phi) is 4.90. The molecule has 0 unspecified atom stereocenters. The molecule has 1 aliphatic rings. The molecule has 1 aromatic heterocycles. The molecular formula is C15H16N4O4S. The molecule has 0 spiro atoms. The number of benzene rings is 1. The molecule has 24 heavy (non-hydrogen) atoms. The molecule has 8 nitrogen and oxygen atoms in total. The highest BCUT2D eigenvalue weighted by molar-refractivity contribution is 7.17. The van der Waals surface area contributed by atoms with Crippen LogP contribution in [0.4, 0.5) is 9.93 Å². The SMILES string of the molecule is O=C(Cc1ccccc1)Nc1nnc(O[C@@H]2CCN(C(=O)O)C2)s1. The fourth-order valence-corrected chi connectivity index (χ4v) is 3.07. The molecule has 3 rings (SSSR count). The predicted molar refractivity (Wildman–Crippen MR) is 87.3 cm³/mol. The summed E-state index contributed by atoms with van der Waals surface area (Å²) in [5.41, 5.74) is 0.913. The van der Waals surface area contributed by atoms with Crippen molar-refractivity contribution in [2.75, 3.05) is 18.4 Å². The van der Waals surface area contributed by atoms with Gasteiger partial charge in [-0.15, -0.1) is 5.10 Å². The Balaban J connectivity index is 1.50. The lowest BCUT2D eigenvalue weighted by molar-refractivity contribution is -0.115. The van der Waals surface area contributed by atoms with Crippen LogP contribution >= 0.6 is 11.3 Å². The fourth-order valence-electron chi connectivity index (χ4n) is 2.39. The molecule has 1 atom stereocenters. The van der Waals surface area contributed by atoms with Gasteiger partial charge in [-0.25, -0.2) is 4.79 Å². The first kappa shape index (κ1) is 16.2. The number of hydrogen-bond donors (Lipinski definition) is 2. The van der Waals surface area contributed by atoms with Crippen molar-refractivity contribution in [1.82, 2.24) is 15.1 Å². The number of nitrogens with zero attached hydrogens (tertiary/aromatic N) is 3. The summed E-state index contributed by atoms with van der Waals surface area (Å²) in [5, 5.41) is 20.0. The van der Waals surface area contributed by atoms with E-state index in [1.54, 1.807) is 0 Å². The number of hydrogen-bond acceptors (Lipinski definition) is 6. The Morgan fingerprint density at radius 1 is 1.33 bits per heavy atom. The predicted octanol–water partition coefficient (Wildman–Crippen LogP) is 1.85. The average molecular weight is 348 g/mol. The topological polar surface area (TPSA) is 105 Å². The molecule has 126 valence electrons. The number of aromatic nitrogens is 2. The second kappa shape index (κ2) is 7.26. The van der Waals surface area contributed by atoms with Gasteiger partial charge in [0, 0.05) is 13.0 Å². The van der Waals surface area contributed by atoms with E-state index in [0.717, 1.165) is 16.9 Å². The highest BCUT2D eigenvalue weighted by Gasteiger charge is 2.28. The standard InChI is InChI=1S/C15H16N4O4S/c20-12(8-10-4-2-1-3-5-10)16-13-17-18-14(24-13)23-11-6-7-19(9-11)15(21)22/h1-5,11H,6-9H2,(H,21,22)(H,16,17,20)/t11-/m1/s1. The molecule has 0 saturated carbocycles. The van der Waals surface area contributed by atoms with E-state index in [0.29, 0.717) is 29.8 Å². The van der Waals surface area contributed by atoms with Gasteiger partial charge in [-0.2, -0.15) is 0 Å². The van der Waals surface area contributed by atoms with E-state index in [-0.39, 0.29) is 18.4 Å². The van der Waals surface area contributed by atoms with E-state index in [2.05, 4.69) is 15.5 Å². The van der Waals surface area contributed by atoms with Gasteiger partial charge in [0.05, 0.1) is 13.0 Å². The zero-order valence-corrected chi connectivity index (χ0v) is 13.5. The molecule has 1 saturated heterocycles. The summed E-state index contributed by atoms with van der Waals surface area (Å²) in [5.74, 6) is -0.179. The average Bonchev–Trinajstić information content (AvgIpc) is 3.18. The van der Waals surface area contributed by atoms with Crippen molar-refractivity contribution in [2.45, 2.75) is 18.9 Å². The van der Waals surface area contributed by atoms with Crippen LogP contribution in [0.5, 0.6) is 5.19 Å². The lowest BCUT2D eigenvalue weighted by Crippen LogP contribution is -2.29. The molecule has 2 N–H and O–H groups in total. The molecule has 0 radical (unpaired) electrons. The first-order chi connectivity index (χ1) is 11.6. The third kappa shape index (κ3) is 4.19. The van der Waals surface area contributed by atoms with Crippen molar-refractivity contribution in [3.63, 3.8) is 0 Å². The summed E-state index contributed by atoms with van der Waals surface area (Å²) >= 11 is 1.13. The van der Waals surface area contributed by atoms with Crippen molar-refractivity contribution in [2.24, 2.45) is 0 Å². The second-order valence-corrected chi connectivity index (χ2v) is 6.28. The molecule has 0 bridgehead atoms. The van der Waals surface area contributed by atoms with E-state index in [1.807, 2.05) is 30.3 Å². The highest BCUT2D eigenvalue weighted by atomic mass is 32.1. The minimum Gasteiger partial charge on any atom is -0.465 e. The lowest BCUT2D eigenvalue weighted by atomic mass is 10.1. The molecular weight excluding hydrogens is 332 g/mol. The van der Waals surface area contributed by atoms with Gasteiger partial charge in [-0.1, -0.05) is 35.4 Å². The molecule has 9 heteroatoms. The zero-order chi connectivity index (χ0) is 16.9. The number of anilines is 1. The number of carbonyl (C=O) groups is 2. The van der Waals surface area contributed by atoms with Gasteiger partial charge in [0.2, 0.25) is 11.0 Å². The van der Waals surface area contributed by atoms with E-state index in [4.69, 9.17) is 9.84 Å². The van der Waals surface area contributed by atoms with Crippen LogP contribution < -0.4 is 10.1 Å². The van der Waals surface area contributed by atoms with Gasteiger partial charge in [0.25, 0.3) is 5.19 Å². The number of nitrogens with one attached hydrogen (secondary N) is 1. The molecule has 1 fully saturated rings. The number of rotatable bonds is 5. The van der Waals surface area contributed by atoms with E-state index < -0.39 is 6.09 Å². The molecule has 2 aromatic rings. The van der Waals surface area contributed by atoms with Crippen LogP contribution in [0.25, 0.3) is 0 Å². The molecule has 2 amide bonds. The summed E-state index contributed by atoms with van der Waals surface area (Å²) in [6.07, 6.45) is -0.317. The van der Waals surface area contributed by atoms with Crippen LogP contribution in [0.2, 0.25) is 0 Å². The fraction of sp³-hybridized carbons (Fsp3) is 0.333. The molecule has 1 aromatic carbocycles. The van der Waals surface area contributed by atoms with Crippen molar-refractivity contribution in [3.8, 4) is 5.19 Å². The number of carboxylic acid groups (broad SMARTS) is 1. The van der Waals surface area contributed by atoms with Crippen molar-refractivity contribution in [3.05, 3.63) is 35.9 Å². The van der Waals surface area contributed by atoms with Crippen LogP contribution in [0.15, 0.2) is 30.3 Å². The van der Waals surface area contributed by atoms with Crippen LogP contribution in [0, 0.1) is 0 Å². The van der Waals surface area contributed by atoms with Gasteiger partial charge in [0.1, 0.15) is 6.10 Å². The minimum absolute atomic E-state index is 0.179. The second-order valence-electron chi connectivity index (χ2n) is 5.34. The Morgan fingerprint density at radius 3 is 2.83 bits per heavy atom. The monoisotopic (exact) mass is 348 g/mol. The van der Waals surface area contributed by atoms with Gasteiger partial charge in [-0.05, 0) is 16.9 Å². The number of ether oxygens (including phenoxy) is 1. The molecule has 2 heterocycles. The summed E-state index contributed by atoms with van der Waals surface area (Å²) in [7, 11) is 0. The number of likely N-dealkylation sites (tertiary alicyclic amines) is 1. The Bertz CT molecular complexity index is 721. The van der Waals surface area contributed by atoms with Crippen molar-refractivity contribution < 1.29 is 19.4 Å². The van der Waals surface area contributed by atoms with Gasteiger partial charge < -0.3 is 20.1 Å². The number of amides is 2. The Labute approximate surface area is 142 Å². The van der Waals surface area contributed by atoms with Crippen LogP contribution in [-0.2, 0) is 11.2 Å². The minimum atomic E-state index is -0.952. The van der Waals surface area contributed by atoms with Gasteiger partial charge in [0.15, 0.2) is 0 Å². The van der Waals surface area contributed by atoms with Crippen LogP contribution in [-0.4, -0.2) is 51.4 Å². The Hall–Kier alpha value is -2.68. The normalized spacial score (nSPS) is 16.8. The van der Waals surface area contributed by atoms with Crippen molar-refractivity contribution >= 4 is 28.5 Å². The van der Waals surface area contributed by atoms with Crippen LogP contribution in [0.1, 0.15) is 12.0 Å². The summed E-state index contributed by atoms with van der Waals surface area (Å²) in [6, 6.07) is 9.40. The summed E-state index contributed by atoms with van der Waals surface area (Å²) in [6.45, 7) is 0.754. The molecule has 1 aliphatic heterocycles. The van der Waals surface area contributed by atoms with Gasteiger partial charge >= 0.3 is 6.09 Å². The highest BCUT2D eigenvalue weighted by Crippen LogP contribution is 2.25. The lowest BCUT2D eigenvalue weighted by Gasteiger charge is -2.11. The van der Waals surface area contributed by atoms with E-state index in [1.165, 1.54) is 4.90 Å². The van der Waals surface area contributed by atoms with Crippen molar-refractivity contribution in [1.29, 1.82) is 0 Å².